The van der Waals surface area contributed by atoms with E-state index >= 15 is 0 Å². The van der Waals surface area contributed by atoms with Crippen LogP contribution >= 0.6 is 0 Å². The van der Waals surface area contributed by atoms with Gasteiger partial charge in [0.2, 0.25) is 5.91 Å². The van der Waals surface area contributed by atoms with Crippen molar-refractivity contribution in [1.82, 2.24) is 29.6 Å². The van der Waals surface area contributed by atoms with Crippen LogP contribution in [0, 0.1) is 0 Å². The smallest absolute Gasteiger partial charge is 0.352 e. The lowest BCUT2D eigenvalue weighted by Gasteiger charge is -2.46. The first kappa shape index (κ1) is 18.6. The molecule has 8 nitrogen and oxygen atoms in total. The van der Waals surface area contributed by atoms with Gasteiger partial charge in [-0.3, -0.25) is 9.69 Å². The highest BCUT2D eigenvalue weighted by molar-refractivity contribution is 5.84. The van der Waals surface area contributed by atoms with Gasteiger partial charge in [-0.1, -0.05) is 0 Å². The minimum Gasteiger partial charge on any atom is -0.352 e. The third-order valence-corrected chi connectivity index (χ3v) is 6.11. The second-order valence-electron chi connectivity index (χ2n) is 8.20. The number of carbonyl (C=O) groups is 1. The van der Waals surface area contributed by atoms with E-state index in [-0.39, 0.29) is 12.6 Å². The molecule has 1 amide bonds. The second kappa shape index (κ2) is 6.54. The summed E-state index contributed by atoms with van der Waals surface area (Å²) in [6, 6.07) is 3.42. The fourth-order valence-corrected chi connectivity index (χ4v) is 4.19. The van der Waals surface area contributed by atoms with Crippen LogP contribution in [0.15, 0.2) is 12.1 Å². The van der Waals surface area contributed by atoms with E-state index in [0.29, 0.717) is 25.4 Å². The van der Waals surface area contributed by atoms with Crippen LogP contribution in [0.5, 0.6) is 0 Å². The van der Waals surface area contributed by atoms with E-state index in [1.54, 1.807) is 4.52 Å². The van der Waals surface area contributed by atoms with Gasteiger partial charge in [0.1, 0.15) is 12.4 Å². The van der Waals surface area contributed by atoms with Gasteiger partial charge in [0, 0.05) is 31.6 Å². The van der Waals surface area contributed by atoms with Crippen LogP contribution in [-0.2, 0) is 4.79 Å². The highest BCUT2D eigenvalue weighted by Crippen LogP contribution is 2.39. The molecule has 2 aliphatic heterocycles. The number of amides is 1. The molecule has 0 radical (unpaired) electrons. The van der Waals surface area contributed by atoms with E-state index < -0.39 is 24.7 Å². The molecule has 2 aromatic heterocycles. The van der Waals surface area contributed by atoms with Gasteiger partial charge in [0.05, 0.1) is 6.04 Å². The van der Waals surface area contributed by atoms with Gasteiger partial charge in [0.15, 0.2) is 11.5 Å². The summed E-state index contributed by atoms with van der Waals surface area (Å²) >= 11 is 0. The number of rotatable bonds is 5. The fraction of sp³-hybridized carbons (Fsp3) is 0.667. The van der Waals surface area contributed by atoms with Crippen molar-refractivity contribution in [1.29, 1.82) is 0 Å². The Bertz CT molecular complexity index is 935. The van der Waals surface area contributed by atoms with Crippen molar-refractivity contribution in [3.63, 3.8) is 0 Å². The van der Waals surface area contributed by atoms with Crippen molar-refractivity contribution >= 4 is 17.4 Å². The van der Waals surface area contributed by atoms with Crippen LogP contribution in [-0.4, -0.2) is 87.0 Å². The zero-order valence-electron chi connectivity index (χ0n) is 16.0. The van der Waals surface area contributed by atoms with Gasteiger partial charge in [-0.05, 0) is 38.4 Å². The van der Waals surface area contributed by atoms with E-state index in [2.05, 4.69) is 20.2 Å². The van der Waals surface area contributed by atoms with E-state index in [9.17, 15) is 18.0 Å². The number of anilines is 1. The number of halogens is 3. The Morgan fingerprint density at radius 2 is 1.93 bits per heavy atom. The van der Waals surface area contributed by atoms with Gasteiger partial charge in [-0.2, -0.15) is 17.7 Å². The van der Waals surface area contributed by atoms with Crippen molar-refractivity contribution in [2.75, 3.05) is 38.1 Å². The molecule has 11 heteroatoms. The van der Waals surface area contributed by atoms with Crippen molar-refractivity contribution < 1.29 is 18.0 Å². The third-order valence-electron chi connectivity index (χ3n) is 6.11. The summed E-state index contributed by atoms with van der Waals surface area (Å²) in [7, 11) is 1.82. The van der Waals surface area contributed by atoms with Gasteiger partial charge in [-0.25, -0.2) is 0 Å². The predicted octanol–water partition coefficient (Wildman–Crippen LogP) is 1.29. The number of fused-ring (bicyclic) bond motifs is 1. The third kappa shape index (κ3) is 3.41. The van der Waals surface area contributed by atoms with E-state index in [0.717, 1.165) is 35.0 Å². The molecular weight excluding hydrogens is 387 g/mol. The molecule has 0 spiro atoms. The molecule has 4 heterocycles. The monoisotopic (exact) mass is 409 g/mol. The Kier molecular flexibility index (Phi) is 4.19. The molecule has 156 valence electrons. The highest BCUT2D eigenvalue weighted by Gasteiger charge is 2.44. The number of nitrogens with zero attached hydrogens (tertiary/aromatic N) is 7. The molecular formula is C18H22F3N7O. The Morgan fingerprint density at radius 1 is 1.17 bits per heavy atom. The molecule has 1 atom stereocenters. The Labute approximate surface area is 165 Å². The summed E-state index contributed by atoms with van der Waals surface area (Å²) in [6.45, 7) is 0.344. The van der Waals surface area contributed by atoms with E-state index in [1.165, 1.54) is 0 Å². The maximum absolute atomic E-state index is 12.6. The average molecular weight is 409 g/mol. The van der Waals surface area contributed by atoms with Crippen molar-refractivity contribution in [2.24, 2.45) is 0 Å². The topological polar surface area (TPSA) is 69.9 Å². The maximum atomic E-state index is 12.6. The first-order valence-electron chi connectivity index (χ1n) is 9.85. The standard InChI is InChI=1S/C18H22F3N7O/c1-25(13-6-7-26(17(13)29)10-18(19,20)21)12-8-27(9-12)15-5-4-14-22-23-16(11-2-3-11)28(14)24-15/h4-5,11-13H,2-3,6-10H2,1H3. The molecule has 29 heavy (non-hydrogen) atoms. The summed E-state index contributed by atoms with van der Waals surface area (Å²) < 4.78 is 39.7. The maximum Gasteiger partial charge on any atom is 0.406 e. The zero-order chi connectivity index (χ0) is 20.3. The van der Waals surface area contributed by atoms with Gasteiger partial charge in [0.25, 0.3) is 0 Å². The van der Waals surface area contributed by atoms with Crippen LogP contribution in [0.25, 0.3) is 5.65 Å². The van der Waals surface area contributed by atoms with E-state index in [1.807, 2.05) is 24.1 Å². The number of alkyl halides is 3. The van der Waals surface area contributed by atoms with Gasteiger partial charge in [-0.15, -0.1) is 15.3 Å². The summed E-state index contributed by atoms with van der Waals surface area (Å²) in [5, 5.41) is 13.1. The number of hydrogen-bond acceptors (Lipinski definition) is 6. The quantitative estimate of drug-likeness (QED) is 0.741. The molecule has 1 unspecified atom stereocenters. The van der Waals surface area contributed by atoms with Gasteiger partial charge >= 0.3 is 6.18 Å². The van der Waals surface area contributed by atoms with Crippen molar-refractivity contribution in [3.8, 4) is 0 Å². The summed E-state index contributed by atoms with van der Waals surface area (Å²) in [5.41, 5.74) is 0.728. The Hall–Kier alpha value is -2.43. The van der Waals surface area contributed by atoms with Crippen LogP contribution in [0.3, 0.4) is 0 Å². The number of carbonyl (C=O) groups excluding carboxylic acids is 1. The minimum atomic E-state index is -4.36. The van der Waals surface area contributed by atoms with Crippen LogP contribution in [0.2, 0.25) is 0 Å². The molecule has 2 saturated heterocycles. The molecule has 2 aromatic rings. The van der Waals surface area contributed by atoms with Crippen molar-refractivity contribution in [2.45, 2.75) is 43.4 Å². The predicted molar refractivity (Wildman–Crippen MR) is 97.6 cm³/mol. The zero-order valence-corrected chi connectivity index (χ0v) is 16.0. The largest absolute Gasteiger partial charge is 0.406 e. The van der Waals surface area contributed by atoms with Crippen LogP contribution in [0.4, 0.5) is 19.0 Å². The number of likely N-dealkylation sites (tertiary alicyclic amines) is 1. The second-order valence-corrected chi connectivity index (χ2v) is 8.20. The molecule has 3 fully saturated rings. The molecule has 1 aliphatic carbocycles. The molecule has 0 N–H and O–H groups in total. The lowest BCUT2D eigenvalue weighted by molar-refractivity contribution is -0.159. The Morgan fingerprint density at radius 3 is 2.62 bits per heavy atom. The first-order chi connectivity index (χ1) is 13.8. The fourth-order valence-electron chi connectivity index (χ4n) is 4.19. The average Bonchev–Trinajstić information content (AvgIpc) is 3.28. The SMILES string of the molecule is CN(C1CN(c2ccc3nnc(C4CC4)n3n2)C1)C1CCN(CC(F)(F)F)C1=O. The van der Waals surface area contributed by atoms with Gasteiger partial charge < -0.3 is 9.80 Å². The lowest BCUT2D eigenvalue weighted by Crippen LogP contribution is -2.62. The molecule has 0 aromatic carbocycles. The normalized spacial score (nSPS) is 23.5. The summed E-state index contributed by atoms with van der Waals surface area (Å²) in [5.74, 6) is 1.73. The van der Waals surface area contributed by atoms with Crippen LogP contribution < -0.4 is 4.90 Å². The van der Waals surface area contributed by atoms with Crippen molar-refractivity contribution in [3.05, 3.63) is 18.0 Å². The number of likely N-dealkylation sites (N-methyl/N-ethyl adjacent to an activating group) is 1. The first-order valence-corrected chi connectivity index (χ1v) is 9.85. The molecule has 0 bridgehead atoms. The Balaban J connectivity index is 1.22. The summed E-state index contributed by atoms with van der Waals surface area (Å²) in [4.78, 5) is 17.3. The summed E-state index contributed by atoms with van der Waals surface area (Å²) in [6.07, 6.45) is -1.70. The van der Waals surface area contributed by atoms with E-state index in [4.69, 9.17) is 0 Å². The molecule has 3 aliphatic rings. The molecule has 5 rings (SSSR count). The lowest BCUT2D eigenvalue weighted by atomic mass is 10.0. The highest BCUT2D eigenvalue weighted by atomic mass is 19.4. The number of aromatic nitrogens is 4. The minimum absolute atomic E-state index is 0.107. The molecule has 1 saturated carbocycles. The van der Waals surface area contributed by atoms with Crippen LogP contribution in [0.1, 0.15) is 31.0 Å². The number of hydrogen-bond donors (Lipinski definition) is 0.